The van der Waals surface area contributed by atoms with Gasteiger partial charge in [-0.3, -0.25) is 4.98 Å². The van der Waals surface area contributed by atoms with E-state index in [-0.39, 0.29) is 12.1 Å². The van der Waals surface area contributed by atoms with Crippen LogP contribution in [-0.4, -0.2) is 22.2 Å². The molecule has 1 saturated carbocycles. The summed E-state index contributed by atoms with van der Waals surface area (Å²) in [5.41, 5.74) is 2.08. The fourth-order valence-electron chi connectivity index (χ4n) is 1.94. The largest absolute Gasteiger partial charge is 0.396 e. The number of rotatable bonds is 5. The minimum absolute atomic E-state index is 0.221. The summed E-state index contributed by atoms with van der Waals surface area (Å²) < 4.78 is 0. The molecule has 1 aromatic heterocycles. The van der Waals surface area contributed by atoms with Gasteiger partial charge in [0.15, 0.2) is 0 Å². The molecule has 14 heavy (non-hydrogen) atoms. The molecular weight excluding hydrogens is 196 g/mol. The van der Waals surface area contributed by atoms with Gasteiger partial charge in [-0.1, -0.05) is 0 Å². The Labute approximate surface area is 88.2 Å². The molecule has 0 spiro atoms. The van der Waals surface area contributed by atoms with Crippen molar-refractivity contribution < 1.29 is 5.11 Å². The van der Waals surface area contributed by atoms with Gasteiger partial charge in [-0.05, 0) is 25.7 Å². The molecule has 3 nitrogen and oxygen atoms in total. The highest BCUT2D eigenvalue weighted by molar-refractivity contribution is 7.09. The molecule has 0 bridgehead atoms. The van der Waals surface area contributed by atoms with Crippen LogP contribution in [0.3, 0.4) is 0 Å². The van der Waals surface area contributed by atoms with E-state index in [1.54, 1.807) is 11.3 Å². The summed E-state index contributed by atoms with van der Waals surface area (Å²) in [4.78, 5) is 5.31. The second kappa shape index (κ2) is 4.38. The first kappa shape index (κ1) is 10.1. The van der Waals surface area contributed by atoms with Crippen LogP contribution in [-0.2, 0) is 6.54 Å². The Morgan fingerprint density at radius 2 is 2.43 bits per heavy atom. The molecule has 0 unspecified atom stereocenters. The van der Waals surface area contributed by atoms with E-state index < -0.39 is 0 Å². The highest BCUT2D eigenvalue weighted by atomic mass is 32.1. The van der Waals surface area contributed by atoms with Crippen molar-refractivity contribution >= 4 is 11.3 Å². The van der Waals surface area contributed by atoms with E-state index >= 15 is 0 Å². The first-order valence-electron chi connectivity index (χ1n) is 5.08. The molecule has 1 aromatic rings. The Kier molecular flexibility index (Phi) is 3.15. The van der Waals surface area contributed by atoms with E-state index in [1.165, 1.54) is 24.1 Å². The third kappa shape index (κ3) is 2.13. The number of nitrogens with zero attached hydrogens (tertiary/aromatic N) is 1. The van der Waals surface area contributed by atoms with Crippen LogP contribution in [0.2, 0.25) is 0 Å². The van der Waals surface area contributed by atoms with Crippen LogP contribution >= 0.6 is 11.3 Å². The monoisotopic (exact) mass is 212 g/mol. The van der Waals surface area contributed by atoms with Crippen molar-refractivity contribution in [2.24, 2.45) is 0 Å². The Morgan fingerprint density at radius 1 is 1.57 bits per heavy atom. The van der Waals surface area contributed by atoms with E-state index in [0.717, 1.165) is 13.0 Å². The van der Waals surface area contributed by atoms with Crippen LogP contribution in [0, 0.1) is 0 Å². The topological polar surface area (TPSA) is 45.1 Å². The van der Waals surface area contributed by atoms with Gasteiger partial charge >= 0.3 is 0 Å². The van der Waals surface area contributed by atoms with Gasteiger partial charge in [0.1, 0.15) is 0 Å². The lowest BCUT2D eigenvalue weighted by atomic mass is 9.74. The molecule has 2 N–H and O–H groups in total. The predicted octanol–water partition coefficient (Wildman–Crippen LogP) is 1.54. The second-order valence-corrected chi connectivity index (χ2v) is 4.90. The Morgan fingerprint density at radius 3 is 2.93 bits per heavy atom. The van der Waals surface area contributed by atoms with Crippen molar-refractivity contribution in [3.8, 4) is 0 Å². The average molecular weight is 212 g/mol. The Bertz CT molecular complexity index is 270. The second-order valence-electron chi connectivity index (χ2n) is 3.93. The number of thiazole rings is 1. The van der Waals surface area contributed by atoms with E-state index in [4.69, 9.17) is 5.11 Å². The number of aliphatic hydroxyl groups excluding tert-OH is 1. The lowest BCUT2D eigenvalue weighted by molar-refractivity contribution is 0.130. The third-order valence-electron chi connectivity index (χ3n) is 3.02. The van der Waals surface area contributed by atoms with Crippen LogP contribution in [0.1, 0.15) is 30.6 Å². The maximum Gasteiger partial charge on any atom is 0.0794 e. The minimum Gasteiger partial charge on any atom is -0.396 e. The van der Waals surface area contributed by atoms with Crippen LogP contribution < -0.4 is 5.32 Å². The lowest BCUT2D eigenvalue weighted by Gasteiger charge is -2.42. The van der Waals surface area contributed by atoms with Crippen molar-refractivity contribution in [2.75, 3.05) is 6.61 Å². The van der Waals surface area contributed by atoms with Crippen molar-refractivity contribution in [1.29, 1.82) is 0 Å². The normalized spacial score (nSPS) is 19.2. The molecule has 1 heterocycles. The average Bonchev–Trinajstić information content (AvgIpc) is 2.62. The van der Waals surface area contributed by atoms with Gasteiger partial charge in [-0.25, -0.2) is 0 Å². The highest BCUT2D eigenvalue weighted by Gasteiger charge is 2.35. The number of hydrogen-bond donors (Lipinski definition) is 2. The van der Waals surface area contributed by atoms with Crippen molar-refractivity contribution in [2.45, 2.75) is 37.8 Å². The van der Waals surface area contributed by atoms with Gasteiger partial charge in [0, 0.05) is 29.8 Å². The van der Waals surface area contributed by atoms with Gasteiger partial charge in [0.25, 0.3) is 0 Å². The highest BCUT2D eigenvalue weighted by Crippen LogP contribution is 2.34. The van der Waals surface area contributed by atoms with Gasteiger partial charge in [0.05, 0.1) is 5.51 Å². The zero-order valence-corrected chi connectivity index (χ0v) is 9.02. The third-order valence-corrected chi connectivity index (χ3v) is 3.80. The Balaban J connectivity index is 1.83. The van der Waals surface area contributed by atoms with E-state index in [9.17, 15) is 0 Å². The first-order chi connectivity index (χ1) is 6.85. The lowest BCUT2D eigenvalue weighted by Crippen LogP contribution is -2.51. The number of hydrogen-bond acceptors (Lipinski definition) is 4. The number of aromatic nitrogens is 1. The van der Waals surface area contributed by atoms with Gasteiger partial charge in [-0.2, -0.15) is 0 Å². The van der Waals surface area contributed by atoms with Gasteiger partial charge in [0.2, 0.25) is 0 Å². The molecule has 4 heteroatoms. The molecule has 0 aliphatic heterocycles. The quantitative estimate of drug-likeness (QED) is 0.778. The first-order valence-corrected chi connectivity index (χ1v) is 5.96. The maximum absolute atomic E-state index is 8.97. The van der Waals surface area contributed by atoms with Crippen LogP contribution in [0.25, 0.3) is 0 Å². The number of nitrogens with one attached hydrogen (secondary N) is 1. The standard InChI is InChI=1S/C10H16N2OS/c13-5-4-10(2-1-3-10)12-7-9-6-11-8-14-9/h6,8,12-13H,1-5,7H2. The molecular formula is C10H16N2OS. The molecule has 78 valence electrons. The smallest absolute Gasteiger partial charge is 0.0794 e. The summed E-state index contributed by atoms with van der Waals surface area (Å²) in [6, 6.07) is 0. The molecule has 0 amide bonds. The number of aliphatic hydroxyl groups is 1. The fraction of sp³-hybridized carbons (Fsp3) is 0.700. The van der Waals surface area contributed by atoms with E-state index in [2.05, 4.69) is 10.3 Å². The zero-order valence-electron chi connectivity index (χ0n) is 8.20. The summed E-state index contributed by atoms with van der Waals surface area (Å²) in [7, 11) is 0. The predicted molar refractivity (Wildman–Crippen MR) is 57.2 cm³/mol. The molecule has 0 atom stereocenters. The fourth-order valence-corrected chi connectivity index (χ4v) is 2.47. The van der Waals surface area contributed by atoms with Crippen LogP contribution in [0.4, 0.5) is 0 Å². The summed E-state index contributed by atoms with van der Waals surface area (Å²) in [6.07, 6.45) is 6.48. The zero-order chi connectivity index (χ0) is 9.86. The van der Waals surface area contributed by atoms with E-state index in [1.807, 2.05) is 11.7 Å². The molecule has 0 radical (unpaired) electrons. The maximum atomic E-state index is 8.97. The van der Waals surface area contributed by atoms with Gasteiger partial charge < -0.3 is 10.4 Å². The summed E-state index contributed by atoms with van der Waals surface area (Å²) in [5.74, 6) is 0. The molecule has 0 saturated heterocycles. The Hall–Kier alpha value is -0.450. The molecule has 1 fully saturated rings. The van der Waals surface area contributed by atoms with Crippen molar-refractivity contribution in [1.82, 2.24) is 10.3 Å². The molecule has 0 aromatic carbocycles. The van der Waals surface area contributed by atoms with Crippen LogP contribution in [0.15, 0.2) is 11.7 Å². The van der Waals surface area contributed by atoms with E-state index in [0.29, 0.717) is 0 Å². The van der Waals surface area contributed by atoms with Crippen molar-refractivity contribution in [3.05, 3.63) is 16.6 Å². The van der Waals surface area contributed by atoms with Gasteiger partial charge in [-0.15, -0.1) is 11.3 Å². The molecule has 2 rings (SSSR count). The van der Waals surface area contributed by atoms with Crippen molar-refractivity contribution in [3.63, 3.8) is 0 Å². The minimum atomic E-state index is 0.221. The summed E-state index contributed by atoms with van der Waals surface area (Å²) in [6.45, 7) is 1.18. The summed E-state index contributed by atoms with van der Waals surface area (Å²) in [5, 5.41) is 12.5. The molecule has 1 aliphatic carbocycles. The SMILES string of the molecule is OCCC1(NCc2cncs2)CCC1. The molecule has 1 aliphatic rings. The summed E-state index contributed by atoms with van der Waals surface area (Å²) >= 11 is 1.68. The van der Waals surface area contributed by atoms with Crippen LogP contribution in [0.5, 0.6) is 0 Å².